The lowest BCUT2D eigenvalue weighted by Crippen LogP contribution is -2.29. The molecule has 1 N–H and O–H groups in total. The smallest absolute Gasteiger partial charge is 0.271 e. The van der Waals surface area contributed by atoms with E-state index in [4.69, 9.17) is 4.74 Å². The van der Waals surface area contributed by atoms with Crippen LogP contribution in [0, 0.1) is 18.3 Å². The summed E-state index contributed by atoms with van der Waals surface area (Å²) in [6, 6.07) is 8.14. The van der Waals surface area contributed by atoms with Crippen LogP contribution in [0.15, 0.2) is 34.1 Å². The van der Waals surface area contributed by atoms with Crippen molar-refractivity contribution < 1.29 is 18.3 Å². The van der Waals surface area contributed by atoms with Gasteiger partial charge in [-0.05, 0) is 31.0 Å². The van der Waals surface area contributed by atoms with E-state index in [0.29, 0.717) is 11.4 Å². The van der Waals surface area contributed by atoms with Gasteiger partial charge in [0.15, 0.2) is 9.84 Å². The molecular formula is C19H19N3O5S. The molecule has 1 fully saturated rings. The summed E-state index contributed by atoms with van der Waals surface area (Å²) in [5.41, 5.74) is 0.119. The molecule has 0 radical (unpaired) electrons. The van der Waals surface area contributed by atoms with Crippen LogP contribution in [0.1, 0.15) is 29.2 Å². The highest BCUT2D eigenvalue weighted by atomic mass is 32.2. The van der Waals surface area contributed by atoms with Crippen molar-refractivity contribution in [1.29, 1.82) is 5.26 Å². The molecule has 1 aliphatic heterocycles. The lowest BCUT2D eigenvalue weighted by atomic mass is 10.0. The van der Waals surface area contributed by atoms with Gasteiger partial charge in [0.25, 0.3) is 5.56 Å². The van der Waals surface area contributed by atoms with E-state index in [0.717, 1.165) is 4.57 Å². The van der Waals surface area contributed by atoms with E-state index in [2.05, 4.69) is 4.99 Å². The number of aliphatic imine (C=N–C) groups is 1. The molecule has 1 saturated heterocycles. The Morgan fingerprint density at radius 1 is 1.39 bits per heavy atom. The zero-order chi connectivity index (χ0) is 20.5. The summed E-state index contributed by atoms with van der Waals surface area (Å²) < 4.78 is 29.9. The molecule has 2 aromatic rings. The van der Waals surface area contributed by atoms with E-state index < -0.39 is 27.3 Å². The van der Waals surface area contributed by atoms with Crippen LogP contribution in [0.5, 0.6) is 11.6 Å². The summed E-state index contributed by atoms with van der Waals surface area (Å²) in [6.45, 7) is 1.54. The van der Waals surface area contributed by atoms with Gasteiger partial charge in [-0.2, -0.15) is 5.26 Å². The Morgan fingerprint density at radius 2 is 2.11 bits per heavy atom. The van der Waals surface area contributed by atoms with Crippen LogP contribution in [0.25, 0.3) is 0 Å². The van der Waals surface area contributed by atoms with Crippen molar-refractivity contribution in [2.24, 2.45) is 4.99 Å². The molecule has 1 aliphatic rings. The molecule has 0 saturated carbocycles. The van der Waals surface area contributed by atoms with Gasteiger partial charge in [0.2, 0.25) is 5.88 Å². The maximum atomic E-state index is 12.7. The van der Waals surface area contributed by atoms with Crippen molar-refractivity contribution in [3.05, 3.63) is 51.3 Å². The lowest BCUT2D eigenvalue weighted by Gasteiger charge is -2.18. The van der Waals surface area contributed by atoms with Crippen LogP contribution < -0.4 is 10.3 Å². The number of aromatic nitrogens is 1. The monoisotopic (exact) mass is 401 g/mol. The predicted molar refractivity (Wildman–Crippen MR) is 104 cm³/mol. The van der Waals surface area contributed by atoms with Gasteiger partial charge in [0.05, 0.1) is 30.2 Å². The van der Waals surface area contributed by atoms with Gasteiger partial charge in [0.1, 0.15) is 23.1 Å². The van der Waals surface area contributed by atoms with Crippen LogP contribution in [0.2, 0.25) is 0 Å². The Labute approximate surface area is 162 Å². The Balaban J connectivity index is 2.17. The van der Waals surface area contributed by atoms with Crippen molar-refractivity contribution >= 4 is 21.7 Å². The molecule has 1 aromatic heterocycles. The van der Waals surface area contributed by atoms with Crippen LogP contribution in [-0.4, -0.2) is 42.9 Å². The molecule has 0 amide bonds. The maximum Gasteiger partial charge on any atom is 0.271 e. The number of methoxy groups -OCH3 is 1. The van der Waals surface area contributed by atoms with Crippen LogP contribution in [-0.2, 0) is 9.84 Å². The average Bonchev–Trinajstić information content (AvgIpc) is 3.01. The molecule has 1 atom stereocenters. The Kier molecular flexibility index (Phi) is 5.25. The van der Waals surface area contributed by atoms with Crippen molar-refractivity contribution in [3.8, 4) is 17.7 Å². The number of benzene rings is 1. The van der Waals surface area contributed by atoms with Gasteiger partial charge in [0, 0.05) is 6.21 Å². The first-order chi connectivity index (χ1) is 13.3. The second kappa shape index (κ2) is 7.48. The van der Waals surface area contributed by atoms with Gasteiger partial charge in [-0.3, -0.25) is 14.4 Å². The molecule has 2 heterocycles. The highest BCUT2D eigenvalue weighted by Crippen LogP contribution is 2.31. The van der Waals surface area contributed by atoms with Crippen LogP contribution in [0.3, 0.4) is 0 Å². The van der Waals surface area contributed by atoms with E-state index in [1.54, 1.807) is 31.2 Å². The summed E-state index contributed by atoms with van der Waals surface area (Å²) in [7, 11) is -1.78. The first-order valence-corrected chi connectivity index (χ1v) is 10.4. The SMILES string of the molecule is COc1ccccc1N=Cc1c(C)c(C#N)c(=O)n([C@H]2CCS(=O)(=O)C2)c1O. The number of nitrogens with zero attached hydrogens (tertiary/aromatic N) is 3. The number of para-hydroxylation sites is 2. The third-order valence-corrected chi connectivity index (χ3v) is 6.53. The fraction of sp³-hybridized carbons (Fsp3) is 0.316. The van der Waals surface area contributed by atoms with Gasteiger partial charge in [-0.15, -0.1) is 0 Å². The van der Waals surface area contributed by atoms with Crippen LogP contribution >= 0.6 is 0 Å². The molecule has 0 bridgehead atoms. The zero-order valence-corrected chi connectivity index (χ0v) is 16.2. The summed E-state index contributed by atoms with van der Waals surface area (Å²) in [5, 5.41) is 20.2. The quantitative estimate of drug-likeness (QED) is 0.780. The van der Waals surface area contributed by atoms with Crippen molar-refractivity contribution in [2.75, 3.05) is 18.6 Å². The number of rotatable bonds is 4. The number of sulfone groups is 1. The van der Waals surface area contributed by atoms with Crippen molar-refractivity contribution in [1.82, 2.24) is 4.57 Å². The first kappa shape index (κ1) is 19.6. The Bertz CT molecular complexity index is 1160. The molecule has 1 aromatic carbocycles. The molecular weight excluding hydrogens is 382 g/mol. The summed E-state index contributed by atoms with van der Waals surface area (Å²) in [6.07, 6.45) is 1.55. The third-order valence-electron chi connectivity index (χ3n) is 4.78. The molecule has 9 heteroatoms. The fourth-order valence-electron chi connectivity index (χ4n) is 3.28. The topological polar surface area (TPSA) is 122 Å². The Hall–Kier alpha value is -3.12. The van der Waals surface area contributed by atoms with E-state index in [-0.39, 0.29) is 34.6 Å². The predicted octanol–water partition coefficient (Wildman–Crippen LogP) is 1.85. The van der Waals surface area contributed by atoms with E-state index >= 15 is 0 Å². The summed E-state index contributed by atoms with van der Waals surface area (Å²) >= 11 is 0. The van der Waals surface area contributed by atoms with E-state index in [1.807, 2.05) is 6.07 Å². The molecule has 146 valence electrons. The standard InChI is InChI=1S/C19H19N3O5S/c1-12-14(9-20)18(23)22(13-7-8-28(25,26)11-13)19(24)15(12)10-21-16-5-3-4-6-17(16)27-2/h3-6,10,13,24H,7-8,11H2,1-2H3/t13-/m0/s1. The maximum absolute atomic E-state index is 12.7. The first-order valence-electron chi connectivity index (χ1n) is 8.54. The van der Waals surface area contributed by atoms with Gasteiger partial charge in [-0.1, -0.05) is 12.1 Å². The van der Waals surface area contributed by atoms with Crippen molar-refractivity contribution in [2.45, 2.75) is 19.4 Å². The fourth-order valence-corrected chi connectivity index (χ4v) is 4.98. The second-order valence-electron chi connectivity index (χ2n) is 6.51. The average molecular weight is 401 g/mol. The highest BCUT2D eigenvalue weighted by molar-refractivity contribution is 7.91. The minimum atomic E-state index is -3.29. The number of hydrogen-bond donors (Lipinski definition) is 1. The molecule has 0 aliphatic carbocycles. The molecule has 28 heavy (non-hydrogen) atoms. The summed E-state index contributed by atoms with van der Waals surface area (Å²) in [4.78, 5) is 17.0. The third kappa shape index (κ3) is 3.51. The number of nitriles is 1. The van der Waals surface area contributed by atoms with Gasteiger partial charge < -0.3 is 9.84 Å². The minimum Gasteiger partial charge on any atom is -0.494 e. The summed E-state index contributed by atoms with van der Waals surface area (Å²) in [5.74, 6) is -0.199. The van der Waals surface area contributed by atoms with Gasteiger partial charge in [-0.25, -0.2) is 8.42 Å². The van der Waals surface area contributed by atoms with Gasteiger partial charge >= 0.3 is 0 Å². The number of ether oxygens (including phenoxy) is 1. The number of aromatic hydroxyl groups is 1. The lowest BCUT2D eigenvalue weighted by molar-refractivity contribution is 0.379. The second-order valence-corrected chi connectivity index (χ2v) is 8.74. The number of hydrogen-bond acceptors (Lipinski definition) is 7. The van der Waals surface area contributed by atoms with E-state index in [1.165, 1.54) is 13.3 Å². The molecule has 0 unspecified atom stereocenters. The minimum absolute atomic E-state index is 0.0655. The molecule has 8 nitrogen and oxygen atoms in total. The molecule has 3 rings (SSSR count). The number of pyridine rings is 1. The zero-order valence-electron chi connectivity index (χ0n) is 15.4. The normalized spacial score (nSPS) is 18.2. The highest BCUT2D eigenvalue weighted by Gasteiger charge is 2.33. The van der Waals surface area contributed by atoms with Crippen molar-refractivity contribution in [3.63, 3.8) is 0 Å². The van der Waals surface area contributed by atoms with E-state index in [9.17, 15) is 23.6 Å². The Morgan fingerprint density at radius 3 is 2.71 bits per heavy atom. The van der Waals surface area contributed by atoms with Crippen LogP contribution in [0.4, 0.5) is 5.69 Å². The largest absolute Gasteiger partial charge is 0.494 e. The molecule has 0 spiro atoms.